The molecule has 0 aromatic rings. The molecule has 0 unspecified atom stereocenters. The second kappa shape index (κ2) is 14.7. The van der Waals surface area contributed by atoms with E-state index < -0.39 is 10.1 Å². The maximum Gasteiger partial charge on any atom is 0.181 e. The summed E-state index contributed by atoms with van der Waals surface area (Å²) in [6, 6.07) is 0. The largest absolute Gasteiger partial charge is 0.748 e. The maximum atomic E-state index is 11.3. The molecule has 1 fully saturated rings. The highest BCUT2D eigenvalue weighted by Crippen LogP contribution is 2.12. The van der Waals surface area contributed by atoms with Crippen molar-refractivity contribution in [2.24, 2.45) is 0 Å². The Morgan fingerprint density at radius 1 is 1.00 bits per heavy atom. The zero-order valence-corrected chi connectivity index (χ0v) is 17.4. The molecule has 0 atom stereocenters. The minimum absolute atomic E-state index is 0.195. The molecule has 0 N–H and O–H groups in total. The van der Waals surface area contributed by atoms with Crippen molar-refractivity contribution in [2.45, 2.75) is 78.1 Å². The van der Waals surface area contributed by atoms with E-state index >= 15 is 0 Å². The lowest BCUT2D eigenvalue weighted by Gasteiger charge is -2.11. The van der Waals surface area contributed by atoms with Crippen LogP contribution in [0.4, 0.5) is 0 Å². The summed E-state index contributed by atoms with van der Waals surface area (Å²) in [6.45, 7) is 4.16. The van der Waals surface area contributed by atoms with E-state index in [4.69, 9.17) is 0 Å². The molecule has 0 aliphatic carbocycles. The molecule has 1 saturated heterocycles. The summed E-state index contributed by atoms with van der Waals surface area (Å²) >= 11 is 0. The highest BCUT2D eigenvalue weighted by atomic mass is 32.2. The van der Waals surface area contributed by atoms with E-state index in [0.29, 0.717) is 30.8 Å². The van der Waals surface area contributed by atoms with E-state index in [1.165, 1.54) is 12.8 Å². The van der Waals surface area contributed by atoms with E-state index in [1.807, 2.05) is 6.92 Å². The predicted octanol–water partition coefficient (Wildman–Crippen LogP) is 3.23. The normalized spacial score (nSPS) is 15.6. The fraction of sp³-hybridized carbons (Fsp3) is 0.889. The molecule has 0 amide bonds. The molecule has 0 bridgehead atoms. The number of carbonyl (C=O) groups excluding carboxylic acids is 2. The highest BCUT2D eigenvalue weighted by Gasteiger charge is 2.28. The van der Waals surface area contributed by atoms with Crippen LogP contribution in [0.5, 0.6) is 0 Å². The first kappa shape index (κ1) is 24.6. The Bertz CT molecular complexity index is 464. The topological polar surface area (TPSA) is 91.3 Å². The van der Waals surface area contributed by atoms with Gasteiger partial charge in [0.05, 0.1) is 23.0 Å². The molecule has 0 saturated carbocycles. The summed E-state index contributed by atoms with van der Waals surface area (Å²) in [5.74, 6) is 3.25. The fourth-order valence-electron chi connectivity index (χ4n) is 2.53. The van der Waals surface area contributed by atoms with Crippen LogP contribution in [0.2, 0.25) is 0 Å². The third-order valence-corrected chi connectivity index (χ3v) is 7.06. The predicted molar refractivity (Wildman–Crippen MR) is 104 cm³/mol. The van der Waals surface area contributed by atoms with Crippen LogP contribution in [0.25, 0.3) is 0 Å². The molecule has 7 heteroatoms. The third kappa shape index (κ3) is 16.8. The molecule has 25 heavy (non-hydrogen) atoms. The zero-order chi connectivity index (χ0) is 19.1. The van der Waals surface area contributed by atoms with Crippen molar-refractivity contribution in [2.75, 3.05) is 23.0 Å². The van der Waals surface area contributed by atoms with Gasteiger partial charge in [0, 0.05) is 12.2 Å². The molecule has 0 aromatic carbocycles. The standard InChI is InChI=1S/C10H17O2S.C8H18O3S/c1-2-3-10(12)8-13-6-4-9(11)5-7-13;1-2-3-4-5-6-7-8-12(9,10)11/h2-8H2,1H3;2-8H2,1H3,(H,9,10,11)/q+1;/p-1. The highest BCUT2D eigenvalue weighted by molar-refractivity contribution is 7.97. The Morgan fingerprint density at radius 3 is 2.08 bits per heavy atom. The van der Waals surface area contributed by atoms with E-state index in [1.54, 1.807) is 0 Å². The zero-order valence-electron chi connectivity index (χ0n) is 15.8. The lowest BCUT2D eigenvalue weighted by molar-refractivity contribution is -0.119. The third-order valence-electron chi connectivity index (χ3n) is 3.98. The summed E-state index contributed by atoms with van der Waals surface area (Å²) in [7, 11) is -3.73. The van der Waals surface area contributed by atoms with Crippen molar-refractivity contribution in [1.82, 2.24) is 0 Å². The minimum atomic E-state index is -3.97. The van der Waals surface area contributed by atoms with Crippen molar-refractivity contribution >= 4 is 32.6 Å². The molecule has 0 radical (unpaired) electrons. The molecule has 1 heterocycles. The first-order valence-corrected chi connectivity index (χ1v) is 12.7. The Labute approximate surface area is 156 Å². The quantitative estimate of drug-likeness (QED) is 0.305. The summed E-state index contributed by atoms with van der Waals surface area (Å²) < 4.78 is 30.5. The van der Waals surface area contributed by atoms with Gasteiger partial charge < -0.3 is 4.55 Å². The van der Waals surface area contributed by atoms with Crippen molar-refractivity contribution < 1.29 is 22.6 Å². The van der Waals surface area contributed by atoms with Crippen LogP contribution in [0.1, 0.15) is 78.1 Å². The van der Waals surface area contributed by atoms with Crippen LogP contribution < -0.4 is 0 Å². The summed E-state index contributed by atoms with van der Waals surface area (Å²) in [4.78, 5) is 22.3. The van der Waals surface area contributed by atoms with Crippen LogP contribution in [-0.2, 0) is 30.6 Å². The van der Waals surface area contributed by atoms with Gasteiger partial charge in [-0.2, -0.15) is 0 Å². The van der Waals surface area contributed by atoms with Crippen LogP contribution in [0.15, 0.2) is 0 Å². The van der Waals surface area contributed by atoms with Gasteiger partial charge in [-0.25, -0.2) is 8.42 Å². The van der Waals surface area contributed by atoms with Crippen molar-refractivity contribution in [3.05, 3.63) is 0 Å². The lowest BCUT2D eigenvalue weighted by atomic mass is 10.1. The summed E-state index contributed by atoms with van der Waals surface area (Å²) in [5.41, 5.74) is 0. The van der Waals surface area contributed by atoms with Gasteiger partial charge >= 0.3 is 0 Å². The van der Waals surface area contributed by atoms with Gasteiger partial charge in [-0.05, 0) is 23.7 Å². The van der Waals surface area contributed by atoms with Crippen LogP contribution in [-0.4, -0.2) is 47.5 Å². The maximum absolute atomic E-state index is 11.3. The van der Waals surface area contributed by atoms with Crippen molar-refractivity contribution in [3.8, 4) is 0 Å². The molecular weight excluding hydrogens is 360 g/mol. The van der Waals surface area contributed by atoms with Crippen LogP contribution >= 0.6 is 0 Å². The monoisotopic (exact) mass is 394 g/mol. The molecule has 148 valence electrons. The number of hydrogen-bond acceptors (Lipinski definition) is 5. The fourth-order valence-corrected chi connectivity index (χ4v) is 5.21. The van der Waals surface area contributed by atoms with Crippen molar-refractivity contribution in [1.29, 1.82) is 0 Å². The van der Waals surface area contributed by atoms with E-state index in [0.717, 1.165) is 49.4 Å². The van der Waals surface area contributed by atoms with Gasteiger partial charge in [0.25, 0.3) is 0 Å². The molecule has 1 aliphatic rings. The molecular formula is C18H34O5S2. The lowest BCUT2D eigenvalue weighted by Crippen LogP contribution is -2.29. The summed E-state index contributed by atoms with van der Waals surface area (Å²) in [6.07, 6.45) is 9.05. The van der Waals surface area contributed by atoms with Gasteiger partial charge in [-0.3, -0.25) is 9.59 Å². The van der Waals surface area contributed by atoms with Crippen LogP contribution in [0.3, 0.4) is 0 Å². The number of carbonyl (C=O) groups is 2. The van der Waals surface area contributed by atoms with Crippen molar-refractivity contribution in [3.63, 3.8) is 0 Å². The second-order valence-corrected chi connectivity index (χ2v) is 10.4. The Morgan fingerprint density at radius 2 is 1.56 bits per heavy atom. The Hall–Kier alpha value is -0.400. The molecule has 1 aliphatic heterocycles. The molecule has 0 aromatic heterocycles. The molecule has 5 nitrogen and oxygen atoms in total. The number of unbranched alkanes of at least 4 members (excludes halogenated alkanes) is 5. The first-order valence-electron chi connectivity index (χ1n) is 9.39. The Kier molecular flexibility index (Phi) is 14.5. The number of rotatable bonds is 11. The SMILES string of the molecule is CCCC(=O)C[S+]1CCC(=O)CC1.CCCCCCCCS(=O)(=O)[O-]. The summed E-state index contributed by atoms with van der Waals surface area (Å²) in [5, 5.41) is 0. The number of Topliss-reactive ketones (excluding diaryl/α,β-unsaturated/α-hetero) is 2. The minimum Gasteiger partial charge on any atom is -0.748 e. The molecule has 0 spiro atoms. The van der Waals surface area contributed by atoms with E-state index in [-0.39, 0.29) is 16.6 Å². The van der Waals surface area contributed by atoms with Gasteiger partial charge in [0.2, 0.25) is 0 Å². The van der Waals surface area contributed by atoms with Gasteiger partial charge in [0.1, 0.15) is 17.3 Å². The second-order valence-electron chi connectivity index (χ2n) is 6.52. The molecule has 1 rings (SSSR count). The van der Waals surface area contributed by atoms with Gasteiger partial charge in [0.15, 0.2) is 11.5 Å². The van der Waals surface area contributed by atoms with E-state index in [9.17, 15) is 22.6 Å². The average Bonchev–Trinajstić information content (AvgIpc) is 2.53. The van der Waals surface area contributed by atoms with Gasteiger partial charge in [-0.15, -0.1) is 0 Å². The van der Waals surface area contributed by atoms with E-state index in [2.05, 4.69) is 6.92 Å². The number of hydrogen-bond donors (Lipinski definition) is 0. The van der Waals surface area contributed by atoms with Crippen LogP contribution in [0, 0.1) is 0 Å². The van der Waals surface area contributed by atoms with Gasteiger partial charge in [-0.1, -0.05) is 46.0 Å². The Balaban J connectivity index is 0.000000463. The number of ketones is 2. The average molecular weight is 395 g/mol. The first-order chi connectivity index (χ1) is 11.8. The smallest absolute Gasteiger partial charge is 0.181 e.